The summed E-state index contributed by atoms with van der Waals surface area (Å²) in [5, 5.41) is 15.8. The largest absolute Gasteiger partial charge is 0.508 e. The smallest absolute Gasteiger partial charge is 0.324 e. The van der Waals surface area contributed by atoms with Crippen LogP contribution in [-0.2, 0) is 0 Å². The third-order valence-electron chi connectivity index (χ3n) is 3.57. The number of nitrogens with two attached hydrogens (primary N) is 1. The number of rotatable bonds is 5. The van der Waals surface area contributed by atoms with Gasteiger partial charge in [0.25, 0.3) is 5.91 Å². The summed E-state index contributed by atoms with van der Waals surface area (Å²) in [6.07, 6.45) is 0. The number of fused-ring (bicyclic) bond motifs is 1. The second-order valence-corrected chi connectivity index (χ2v) is 6.44. The number of carbonyl (C=O) groups is 2. The Labute approximate surface area is 153 Å². The van der Waals surface area contributed by atoms with Crippen molar-refractivity contribution in [1.82, 2.24) is 0 Å². The molecule has 134 valence electrons. The topological polar surface area (TPSA) is 114 Å². The maximum atomic E-state index is 12.3. The van der Waals surface area contributed by atoms with Gasteiger partial charge < -0.3 is 20.9 Å². The van der Waals surface area contributed by atoms with Gasteiger partial charge in [0.15, 0.2) is 0 Å². The molecule has 0 saturated heterocycles. The molecule has 3 amide bonds. The number of carbonyl (C=O) groups excluding carboxylic acids is 2. The standard InChI is InChI=1S/C18H17N3O4S/c1-2-25-12-6-3-10(4-7-12)20-18(24)21-17-15(16(19)23)13-8-5-11(22)9-14(13)26-17/h3-9,22H,2H2,1H3,(H2,19,23)(H2,20,21,24). The average Bonchev–Trinajstić information content (AvgIpc) is 2.93. The Hall–Kier alpha value is -3.26. The average molecular weight is 371 g/mol. The van der Waals surface area contributed by atoms with Crippen LogP contribution >= 0.6 is 11.3 Å². The second-order valence-electron chi connectivity index (χ2n) is 5.39. The molecular weight excluding hydrogens is 354 g/mol. The van der Waals surface area contributed by atoms with Crippen molar-refractivity contribution >= 4 is 44.0 Å². The van der Waals surface area contributed by atoms with Crippen molar-refractivity contribution < 1.29 is 19.4 Å². The fourth-order valence-electron chi connectivity index (χ4n) is 2.48. The van der Waals surface area contributed by atoms with Gasteiger partial charge >= 0.3 is 6.03 Å². The summed E-state index contributed by atoms with van der Waals surface area (Å²) in [7, 11) is 0. The third kappa shape index (κ3) is 3.70. The van der Waals surface area contributed by atoms with Crippen molar-refractivity contribution in [2.45, 2.75) is 6.92 Å². The van der Waals surface area contributed by atoms with Crippen molar-refractivity contribution in [2.24, 2.45) is 5.73 Å². The molecule has 0 saturated carbocycles. The monoisotopic (exact) mass is 371 g/mol. The maximum absolute atomic E-state index is 12.3. The van der Waals surface area contributed by atoms with Crippen LogP contribution < -0.4 is 21.1 Å². The molecule has 0 aliphatic carbocycles. The quantitative estimate of drug-likeness (QED) is 0.547. The number of nitrogens with one attached hydrogen (secondary N) is 2. The van der Waals surface area contributed by atoms with Gasteiger partial charge in [-0.15, -0.1) is 11.3 Å². The van der Waals surface area contributed by atoms with Gasteiger partial charge in [0.2, 0.25) is 0 Å². The van der Waals surface area contributed by atoms with Gasteiger partial charge in [0.1, 0.15) is 16.5 Å². The van der Waals surface area contributed by atoms with Crippen LogP contribution in [0.15, 0.2) is 42.5 Å². The summed E-state index contributed by atoms with van der Waals surface area (Å²) in [4.78, 5) is 24.1. The number of aromatic hydroxyl groups is 1. The van der Waals surface area contributed by atoms with E-state index < -0.39 is 11.9 Å². The fraction of sp³-hybridized carbons (Fsp3) is 0.111. The van der Waals surface area contributed by atoms with Crippen molar-refractivity contribution in [1.29, 1.82) is 0 Å². The highest BCUT2D eigenvalue weighted by Gasteiger charge is 2.19. The van der Waals surface area contributed by atoms with E-state index in [2.05, 4.69) is 10.6 Å². The SMILES string of the molecule is CCOc1ccc(NC(=O)Nc2sc3cc(O)ccc3c2C(N)=O)cc1. The molecule has 0 radical (unpaired) electrons. The molecule has 0 spiro atoms. The molecule has 8 heteroatoms. The van der Waals surface area contributed by atoms with Gasteiger partial charge in [-0.05, 0) is 49.4 Å². The van der Waals surface area contributed by atoms with E-state index in [-0.39, 0.29) is 11.3 Å². The minimum atomic E-state index is -0.654. The Morgan fingerprint density at radius 1 is 1.15 bits per heavy atom. The van der Waals surface area contributed by atoms with Crippen LogP contribution in [-0.4, -0.2) is 23.7 Å². The third-order valence-corrected chi connectivity index (χ3v) is 4.64. The van der Waals surface area contributed by atoms with E-state index in [1.54, 1.807) is 30.3 Å². The number of hydrogen-bond donors (Lipinski definition) is 4. The first-order valence-electron chi connectivity index (χ1n) is 7.84. The number of phenols is 1. The number of hydrogen-bond acceptors (Lipinski definition) is 5. The molecule has 0 unspecified atom stereocenters. The molecule has 3 rings (SSSR count). The van der Waals surface area contributed by atoms with Crippen molar-refractivity contribution in [3.63, 3.8) is 0 Å². The number of urea groups is 1. The summed E-state index contributed by atoms with van der Waals surface area (Å²) in [6.45, 7) is 2.45. The summed E-state index contributed by atoms with van der Waals surface area (Å²) in [5.74, 6) is 0.122. The van der Waals surface area contributed by atoms with Crippen molar-refractivity contribution in [2.75, 3.05) is 17.2 Å². The fourth-order valence-corrected chi connectivity index (χ4v) is 3.62. The number of ether oxygens (including phenoxy) is 1. The molecular formula is C18H17N3O4S. The highest BCUT2D eigenvalue weighted by atomic mass is 32.1. The van der Waals surface area contributed by atoms with Crippen LogP contribution in [0.4, 0.5) is 15.5 Å². The first-order chi connectivity index (χ1) is 12.5. The van der Waals surface area contributed by atoms with E-state index in [4.69, 9.17) is 10.5 Å². The number of phenolic OH excluding ortho intramolecular Hbond substituents is 1. The van der Waals surface area contributed by atoms with Gasteiger partial charge in [0.05, 0.1) is 12.2 Å². The molecule has 1 heterocycles. The van der Waals surface area contributed by atoms with Crippen molar-refractivity contribution in [3.8, 4) is 11.5 Å². The van der Waals surface area contributed by atoms with Crippen LogP contribution in [0.2, 0.25) is 0 Å². The predicted molar refractivity (Wildman–Crippen MR) is 102 cm³/mol. The number of primary amides is 1. The molecule has 0 bridgehead atoms. The number of benzene rings is 2. The first-order valence-corrected chi connectivity index (χ1v) is 8.65. The van der Waals surface area contributed by atoms with Crippen LogP contribution in [0.1, 0.15) is 17.3 Å². The zero-order valence-corrected chi connectivity index (χ0v) is 14.7. The highest BCUT2D eigenvalue weighted by molar-refractivity contribution is 7.23. The minimum absolute atomic E-state index is 0.0696. The number of anilines is 2. The van der Waals surface area contributed by atoms with Crippen LogP contribution in [0, 0.1) is 0 Å². The summed E-state index contributed by atoms with van der Waals surface area (Å²) < 4.78 is 6.00. The molecule has 5 N–H and O–H groups in total. The van der Waals surface area contributed by atoms with E-state index in [1.807, 2.05) is 6.92 Å². The lowest BCUT2D eigenvalue weighted by Gasteiger charge is -2.08. The lowest BCUT2D eigenvalue weighted by atomic mass is 10.1. The molecule has 3 aromatic rings. The molecule has 0 aliphatic rings. The zero-order valence-electron chi connectivity index (χ0n) is 13.9. The van der Waals surface area contributed by atoms with E-state index in [9.17, 15) is 14.7 Å². The van der Waals surface area contributed by atoms with Crippen molar-refractivity contribution in [3.05, 3.63) is 48.0 Å². The molecule has 7 nitrogen and oxygen atoms in total. The Kier molecular flexibility index (Phi) is 4.94. The molecule has 1 aromatic heterocycles. The van der Waals surface area contributed by atoms with Crippen LogP contribution in [0.3, 0.4) is 0 Å². The summed E-state index contributed by atoms with van der Waals surface area (Å²) in [5.41, 5.74) is 6.25. The lowest BCUT2D eigenvalue weighted by Crippen LogP contribution is -2.21. The molecule has 0 aliphatic heterocycles. The van der Waals surface area contributed by atoms with E-state index in [1.165, 1.54) is 12.1 Å². The van der Waals surface area contributed by atoms with Crippen LogP contribution in [0.25, 0.3) is 10.1 Å². The summed E-state index contributed by atoms with van der Waals surface area (Å²) in [6, 6.07) is 11.0. The Morgan fingerprint density at radius 3 is 2.54 bits per heavy atom. The number of amides is 3. The molecule has 26 heavy (non-hydrogen) atoms. The van der Waals surface area contributed by atoms with E-state index in [0.717, 1.165) is 11.3 Å². The molecule has 0 atom stereocenters. The molecule has 2 aromatic carbocycles. The minimum Gasteiger partial charge on any atom is -0.508 e. The zero-order chi connectivity index (χ0) is 18.7. The normalized spacial score (nSPS) is 10.5. The first kappa shape index (κ1) is 17.6. The van der Waals surface area contributed by atoms with Gasteiger partial charge in [-0.1, -0.05) is 0 Å². The van der Waals surface area contributed by atoms with Gasteiger partial charge in [-0.2, -0.15) is 0 Å². The van der Waals surface area contributed by atoms with Gasteiger partial charge in [-0.25, -0.2) is 4.79 Å². The maximum Gasteiger partial charge on any atom is 0.324 e. The Morgan fingerprint density at radius 2 is 1.88 bits per heavy atom. The highest BCUT2D eigenvalue weighted by Crippen LogP contribution is 2.37. The van der Waals surface area contributed by atoms with E-state index >= 15 is 0 Å². The predicted octanol–water partition coefficient (Wildman–Crippen LogP) is 3.75. The second kappa shape index (κ2) is 7.32. The Balaban J connectivity index is 1.80. The van der Waals surface area contributed by atoms with Gasteiger partial charge in [-0.3, -0.25) is 10.1 Å². The van der Waals surface area contributed by atoms with E-state index in [0.29, 0.717) is 33.1 Å². The van der Waals surface area contributed by atoms with Gasteiger partial charge in [0, 0.05) is 15.8 Å². The summed E-state index contributed by atoms with van der Waals surface area (Å²) >= 11 is 1.16. The molecule has 0 fully saturated rings. The van der Waals surface area contributed by atoms with Crippen LogP contribution in [0.5, 0.6) is 11.5 Å². The number of thiophene rings is 1. The lowest BCUT2D eigenvalue weighted by molar-refractivity contribution is 0.100. The Bertz CT molecular complexity index is 966.